The Morgan fingerprint density at radius 3 is 2.80 bits per heavy atom. The second kappa shape index (κ2) is 3.65. The molecule has 0 saturated carbocycles. The lowest BCUT2D eigenvalue weighted by atomic mass is 10.2. The highest BCUT2D eigenvalue weighted by Crippen LogP contribution is 2.21. The molecular formula is C11H10N2O2. The maximum atomic E-state index is 10.6. The molecule has 4 nitrogen and oxygen atoms in total. The first-order valence-corrected chi connectivity index (χ1v) is 4.52. The van der Waals surface area contributed by atoms with Crippen molar-refractivity contribution in [2.45, 2.75) is 6.92 Å². The van der Waals surface area contributed by atoms with Gasteiger partial charge in [-0.15, -0.1) is 0 Å². The zero-order valence-electron chi connectivity index (χ0n) is 8.52. The van der Waals surface area contributed by atoms with Crippen molar-refractivity contribution < 1.29 is 9.53 Å². The SMILES string of the molecule is COc1ccc2nc(C=O)nc(C)c2c1. The fourth-order valence-electron chi connectivity index (χ4n) is 1.46. The number of fused-ring (bicyclic) bond motifs is 1. The van der Waals surface area contributed by atoms with Gasteiger partial charge >= 0.3 is 0 Å². The van der Waals surface area contributed by atoms with E-state index in [1.54, 1.807) is 7.11 Å². The van der Waals surface area contributed by atoms with Crippen molar-refractivity contribution in [1.29, 1.82) is 0 Å². The highest BCUT2D eigenvalue weighted by Gasteiger charge is 2.04. The summed E-state index contributed by atoms with van der Waals surface area (Å²) < 4.78 is 5.11. The molecule has 1 aromatic carbocycles. The summed E-state index contributed by atoms with van der Waals surface area (Å²) in [5.74, 6) is 0.971. The van der Waals surface area contributed by atoms with Crippen LogP contribution in [0.25, 0.3) is 10.9 Å². The Kier molecular flexibility index (Phi) is 2.33. The average molecular weight is 202 g/mol. The third kappa shape index (κ3) is 1.66. The molecule has 1 aromatic heterocycles. The third-order valence-corrected chi connectivity index (χ3v) is 2.22. The lowest BCUT2D eigenvalue weighted by Crippen LogP contribution is -1.97. The lowest BCUT2D eigenvalue weighted by molar-refractivity contribution is 0.111. The minimum atomic E-state index is 0.213. The van der Waals surface area contributed by atoms with Gasteiger partial charge in [0.1, 0.15) is 5.75 Å². The number of hydrogen-bond acceptors (Lipinski definition) is 4. The maximum absolute atomic E-state index is 10.6. The van der Waals surface area contributed by atoms with Gasteiger partial charge in [-0.3, -0.25) is 4.79 Å². The van der Waals surface area contributed by atoms with Crippen molar-refractivity contribution in [2.75, 3.05) is 7.11 Å². The van der Waals surface area contributed by atoms with E-state index in [0.29, 0.717) is 6.29 Å². The van der Waals surface area contributed by atoms with Crippen molar-refractivity contribution in [3.8, 4) is 5.75 Å². The summed E-state index contributed by atoms with van der Waals surface area (Å²) in [6.07, 6.45) is 0.649. The van der Waals surface area contributed by atoms with E-state index in [1.807, 2.05) is 25.1 Å². The van der Waals surface area contributed by atoms with Crippen LogP contribution in [0.4, 0.5) is 0 Å². The number of carbonyl (C=O) groups excluding carboxylic acids is 1. The van der Waals surface area contributed by atoms with Crippen LogP contribution in [0.15, 0.2) is 18.2 Å². The smallest absolute Gasteiger partial charge is 0.193 e. The first-order valence-electron chi connectivity index (χ1n) is 4.52. The molecule has 4 heteroatoms. The highest BCUT2D eigenvalue weighted by molar-refractivity contribution is 5.84. The number of carbonyl (C=O) groups is 1. The Hall–Kier alpha value is -1.97. The largest absolute Gasteiger partial charge is 0.497 e. The van der Waals surface area contributed by atoms with Gasteiger partial charge < -0.3 is 4.74 Å². The molecule has 0 N–H and O–H groups in total. The molecule has 0 aliphatic rings. The number of rotatable bonds is 2. The first-order chi connectivity index (χ1) is 7.24. The van der Waals surface area contributed by atoms with Crippen molar-refractivity contribution in [3.05, 3.63) is 29.7 Å². The molecular weight excluding hydrogens is 192 g/mol. The summed E-state index contributed by atoms with van der Waals surface area (Å²) >= 11 is 0. The van der Waals surface area contributed by atoms with E-state index < -0.39 is 0 Å². The molecule has 2 aromatic rings. The van der Waals surface area contributed by atoms with E-state index in [9.17, 15) is 4.79 Å². The van der Waals surface area contributed by atoms with Crippen molar-refractivity contribution in [3.63, 3.8) is 0 Å². The Balaban J connectivity index is 2.73. The van der Waals surface area contributed by atoms with E-state index in [2.05, 4.69) is 9.97 Å². The minimum absolute atomic E-state index is 0.213. The quantitative estimate of drug-likeness (QED) is 0.696. The van der Waals surface area contributed by atoms with Gasteiger partial charge in [0.05, 0.1) is 12.6 Å². The van der Waals surface area contributed by atoms with Gasteiger partial charge in [0.25, 0.3) is 0 Å². The molecule has 0 aliphatic carbocycles. The van der Waals surface area contributed by atoms with Crippen LogP contribution in [0.1, 0.15) is 16.3 Å². The Labute approximate surface area is 86.9 Å². The molecule has 0 radical (unpaired) electrons. The molecule has 15 heavy (non-hydrogen) atoms. The molecule has 0 atom stereocenters. The summed E-state index contributed by atoms with van der Waals surface area (Å²) in [6, 6.07) is 5.48. The molecule has 76 valence electrons. The minimum Gasteiger partial charge on any atom is -0.497 e. The first kappa shape index (κ1) is 9.58. The van der Waals surface area contributed by atoms with Crippen LogP contribution >= 0.6 is 0 Å². The van der Waals surface area contributed by atoms with Crippen LogP contribution in [0, 0.1) is 6.92 Å². The molecule has 1 heterocycles. The number of aromatic nitrogens is 2. The zero-order chi connectivity index (χ0) is 10.8. The molecule has 0 unspecified atom stereocenters. The summed E-state index contributed by atoms with van der Waals surface area (Å²) in [4.78, 5) is 18.7. The van der Waals surface area contributed by atoms with Crippen LogP contribution in [-0.2, 0) is 0 Å². The molecule has 0 aliphatic heterocycles. The van der Waals surface area contributed by atoms with Crippen LogP contribution in [0.3, 0.4) is 0 Å². The Bertz CT molecular complexity index is 523. The number of nitrogens with zero attached hydrogens (tertiary/aromatic N) is 2. The number of benzene rings is 1. The average Bonchev–Trinajstić information content (AvgIpc) is 2.28. The zero-order valence-corrected chi connectivity index (χ0v) is 8.52. The van der Waals surface area contributed by atoms with Crippen molar-refractivity contribution >= 4 is 17.2 Å². The molecule has 0 bridgehead atoms. The van der Waals surface area contributed by atoms with E-state index >= 15 is 0 Å². The third-order valence-electron chi connectivity index (χ3n) is 2.22. The number of aryl methyl sites for hydroxylation is 1. The maximum Gasteiger partial charge on any atom is 0.193 e. The molecule has 0 spiro atoms. The van der Waals surface area contributed by atoms with Crippen molar-refractivity contribution in [1.82, 2.24) is 9.97 Å². The molecule has 0 fully saturated rings. The fourth-order valence-corrected chi connectivity index (χ4v) is 1.46. The second-order valence-corrected chi connectivity index (χ2v) is 3.17. The number of aldehydes is 1. The van der Waals surface area contributed by atoms with Crippen LogP contribution in [0.5, 0.6) is 5.75 Å². The van der Waals surface area contributed by atoms with E-state index in [-0.39, 0.29) is 5.82 Å². The fraction of sp³-hybridized carbons (Fsp3) is 0.182. The predicted octanol–water partition coefficient (Wildman–Crippen LogP) is 1.76. The van der Waals surface area contributed by atoms with E-state index in [4.69, 9.17) is 4.74 Å². The van der Waals surface area contributed by atoms with Gasteiger partial charge in [-0.1, -0.05) is 0 Å². The molecule has 2 rings (SSSR count). The second-order valence-electron chi connectivity index (χ2n) is 3.17. The predicted molar refractivity (Wildman–Crippen MR) is 56.2 cm³/mol. The highest BCUT2D eigenvalue weighted by atomic mass is 16.5. The van der Waals surface area contributed by atoms with Crippen LogP contribution < -0.4 is 4.74 Å². The summed E-state index contributed by atoms with van der Waals surface area (Å²) in [6.45, 7) is 1.84. The normalized spacial score (nSPS) is 10.3. The van der Waals surface area contributed by atoms with E-state index in [0.717, 1.165) is 22.3 Å². The Morgan fingerprint density at radius 1 is 1.33 bits per heavy atom. The molecule has 0 amide bonds. The van der Waals surface area contributed by atoms with Gasteiger partial charge in [0.2, 0.25) is 0 Å². The van der Waals surface area contributed by atoms with Crippen LogP contribution in [0.2, 0.25) is 0 Å². The van der Waals surface area contributed by atoms with Crippen molar-refractivity contribution in [2.24, 2.45) is 0 Å². The summed E-state index contributed by atoms with van der Waals surface area (Å²) in [7, 11) is 1.61. The summed E-state index contributed by atoms with van der Waals surface area (Å²) in [5, 5.41) is 0.903. The standard InChI is InChI=1S/C11H10N2O2/c1-7-9-5-8(15-2)3-4-10(9)13-11(6-14)12-7/h3-6H,1-2H3. The number of ether oxygens (including phenoxy) is 1. The Morgan fingerprint density at radius 2 is 2.13 bits per heavy atom. The van der Waals surface area contributed by atoms with Gasteiger partial charge in [-0.05, 0) is 25.1 Å². The van der Waals surface area contributed by atoms with Gasteiger partial charge in [-0.25, -0.2) is 9.97 Å². The summed E-state index contributed by atoms with van der Waals surface area (Å²) in [5.41, 5.74) is 1.53. The number of hydrogen-bond donors (Lipinski definition) is 0. The van der Waals surface area contributed by atoms with Gasteiger partial charge in [0.15, 0.2) is 12.1 Å². The van der Waals surface area contributed by atoms with Gasteiger partial charge in [0, 0.05) is 11.1 Å². The van der Waals surface area contributed by atoms with Gasteiger partial charge in [-0.2, -0.15) is 0 Å². The molecule has 0 saturated heterocycles. The monoisotopic (exact) mass is 202 g/mol. The lowest BCUT2D eigenvalue weighted by Gasteiger charge is -2.04. The topological polar surface area (TPSA) is 52.1 Å². The van der Waals surface area contributed by atoms with E-state index in [1.165, 1.54) is 0 Å². The number of methoxy groups -OCH3 is 1. The van der Waals surface area contributed by atoms with Crippen LogP contribution in [-0.4, -0.2) is 23.4 Å².